The van der Waals surface area contributed by atoms with Crippen LogP contribution < -0.4 is 0 Å². The summed E-state index contributed by atoms with van der Waals surface area (Å²) in [6, 6.07) is 10.2. The van der Waals surface area contributed by atoms with Gasteiger partial charge < -0.3 is 14.4 Å². The minimum absolute atomic E-state index is 0.167. The minimum atomic E-state index is -1.82. The summed E-state index contributed by atoms with van der Waals surface area (Å²) in [5.74, 6) is 0.444. The van der Waals surface area contributed by atoms with E-state index in [1.807, 2.05) is 18.2 Å². The maximum absolute atomic E-state index is 11.4. The van der Waals surface area contributed by atoms with Gasteiger partial charge in [-0.2, -0.15) is 0 Å². The molecule has 0 unspecified atom stereocenters. The van der Waals surface area contributed by atoms with E-state index in [0.717, 1.165) is 0 Å². The van der Waals surface area contributed by atoms with Crippen molar-refractivity contribution in [1.29, 1.82) is 0 Å². The van der Waals surface area contributed by atoms with Crippen molar-refractivity contribution in [3.8, 4) is 0 Å². The van der Waals surface area contributed by atoms with E-state index in [9.17, 15) is 9.90 Å². The molecule has 0 aliphatic carbocycles. The highest BCUT2D eigenvalue weighted by Crippen LogP contribution is 2.39. The van der Waals surface area contributed by atoms with Crippen LogP contribution in [0.3, 0.4) is 0 Å². The fourth-order valence-corrected chi connectivity index (χ4v) is 3.87. The summed E-state index contributed by atoms with van der Waals surface area (Å²) in [6.07, 6.45) is -0.833. The second kappa shape index (κ2) is 6.65. The first-order valence-electron chi connectivity index (χ1n) is 8.28. The molecule has 0 radical (unpaired) electrons. The average Bonchev–Trinajstić information content (AvgIpc) is 2.89. The summed E-state index contributed by atoms with van der Waals surface area (Å²) in [5.41, 5.74) is 1.21. The molecule has 1 aromatic carbocycles. The Morgan fingerprint density at radius 1 is 1.26 bits per heavy atom. The first-order valence-corrected chi connectivity index (χ1v) is 11.2. The molecule has 1 N–H and O–H groups in total. The first-order chi connectivity index (χ1) is 10.6. The molecular weight excluding hydrogens is 306 g/mol. The van der Waals surface area contributed by atoms with Crippen LogP contribution in [-0.2, 0) is 4.43 Å². The molecule has 23 heavy (non-hydrogen) atoms. The normalized spacial score (nSPS) is 22.4. The zero-order valence-corrected chi connectivity index (χ0v) is 15.9. The molecule has 1 aliphatic rings. The van der Waals surface area contributed by atoms with E-state index >= 15 is 0 Å². The van der Waals surface area contributed by atoms with Gasteiger partial charge in [-0.15, -0.1) is 0 Å². The van der Waals surface area contributed by atoms with Crippen LogP contribution in [0.4, 0.5) is 4.79 Å². The Morgan fingerprint density at radius 3 is 2.39 bits per heavy atom. The van der Waals surface area contributed by atoms with Crippen molar-refractivity contribution in [3.63, 3.8) is 0 Å². The third-order valence-electron chi connectivity index (χ3n) is 5.40. The smallest absolute Gasteiger partial charge is 0.407 e. The van der Waals surface area contributed by atoms with Crippen molar-refractivity contribution in [2.45, 2.75) is 44.8 Å². The highest BCUT2D eigenvalue weighted by atomic mass is 28.4. The van der Waals surface area contributed by atoms with Gasteiger partial charge in [0.25, 0.3) is 0 Å². The third-order valence-corrected chi connectivity index (χ3v) is 9.90. The predicted octanol–water partition coefficient (Wildman–Crippen LogP) is 4.40. The average molecular weight is 336 g/mol. The molecule has 1 aromatic rings. The lowest BCUT2D eigenvalue weighted by molar-refractivity contribution is 0.151. The SMILES string of the molecule is CC(C)(C)[Si](C)(C)OC[C@H]1CN(C(=O)O)C[C@@H]1c1ccccc1. The van der Waals surface area contributed by atoms with Crippen LogP contribution in [0.5, 0.6) is 0 Å². The molecule has 0 spiro atoms. The van der Waals surface area contributed by atoms with Crippen LogP contribution in [0.25, 0.3) is 0 Å². The second-order valence-corrected chi connectivity index (χ2v) is 12.8. The molecule has 1 saturated heterocycles. The van der Waals surface area contributed by atoms with E-state index in [1.54, 1.807) is 0 Å². The second-order valence-electron chi connectivity index (χ2n) is 8.04. The standard InChI is InChI=1S/C18H29NO3Si/c1-18(2,3)23(4,5)22-13-15-11-19(17(20)21)12-16(15)14-9-7-6-8-10-14/h6-10,15-16H,11-13H2,1-5H3,(H,20,21)/t15-,16-/m1/s1. The van der Waals surface area contributed by atoms with E-state index in [4.69, 9.17) is 4.43 Å². The van der Waals surface area contributed by atoms with Gasteiger partial charge in [0.15, 0.2) is 8.32 Å². The first kappa shape index (κ1) is 18.0. The van der Waals surface area contributed by atoms with Gasteiger partial charge in [0.1, 0.15) is 0 Å². The van der Waals surface area contributed by atoms with Gasteiger partial charge in [0.05, 0.1) is 0 Å². The van der Waals surface area contributed by atoms with Gasteiger partial charge in [-0.25, -0.2) is 4.79 Å². The van der Waals surface area contributed by atoms with Crippen LogP contribution in [0, 0.1) is 5.92 Å². The fourth-order valence-electron chi connectivity index (χ4n) is 2.81. The van der Waals surface area contributed by atoms with E-state index < -0.39 is 14.4 Å². The molecule has 128 valence electrons. The summed E-state index contributed by atoms with van der Waals surface area (Å²) < 4.78 is 6.38. The molecule has 1 aliphatic heterocycles. The molecule has 0 bridgehead atoms. The molecule has 1 fully saturated rings. The largest absolute Gasteiger partial charge is 0.465 e. The quantitative estimate of drug-likeness (QED) is 0.830. The summed E-state index contributed by atoms with van der Waals surface area (Å²) in [6.45, 7) is 12.9. The minimum Gasteiger partial charge on any atom is -0.465 e. The van der Waals surface area contributed by atoms with Crippen LogP contribution in [0.1, 0.15) is 32.3 Å². The Kier molecular flexibility index (Phi) is 5.21. The molecule has 5 heteroatoms. The number of carboxylic acid groups (broad SMARTS) is 1. The number of rotatable bonds is 4. The van der Waals surface area contributed by atoms with Crippen LogP contribution in [0.2, 0.25) is 18.1 Å². The van der Waals surface area contributed by atoms with Gasteiger partial charge >= 0.3 is 6.09 Å². The van der Waals surface area contributed by atoms with Gasteiger partial charge in [-0.1, -0.05) is 51.1 Å². The third kappa shape index (κ3) is 4.15. The Morgan fingerprint density at radius 2 is 1.87 bits per heavy atom. The number of nitrogens with zero attached hydrogens (tertiary/aromatic N) is 1. The Hall–Kier alpha value is -1.33. The molecule has 0 aromatic heterocycles. The van der Waals surface area contributed by atoms with E-state index in [2.05, 4.69) is 46.0 Å². The monoisotopic (exact) mass is 335 g/mol. The maximum Gasteiger partial charge on any atom is 0.407 e. The van der Waals surface area contributed by atoms with Crippen molar-refractivity contribution in [2.75, 3.05) is 19.7 Å². The number of hydrogen-bond acceptors (Lipinski definition) is 2. The summed E-state index contributed by atoms with van der Waals surface area (Å²) >= 11 is 0. The summed E-state index contributed by atoms with van der Waals surface area (Å²) in [4.78, 5) is 12.9. The summed E-state index contributed by atoms with van der Waals surface area (Å²) in [5, 5.41) is 9.51. The van der Waals surface area contributed by atoms with Crippen molar-refractivity contribution >= 4 is 14.4 Å². The van der Waals surface area contributed by atoms with Gasteiger partial charge in [0.2, 0.25) is 0 Å². The molecule has 1 heterocycles. The zero-order valence-electron chi connectivity index (χ0n) is 14.9. The number of benzene rings is 1. The van der Waals surface area contributed by atoms with Crippen LogP contribution in [-0.4, -0.2) is 44.1 Å². The van der Waals surface area contributed by atoms with Crippen molar-refractivity contribution < 1.29 is 14.3 Å². The molecule has 0 saturated carbocycles. The highest BCUT2D eigenvalue weighted by molar-refractivity contribution is 6.74. The topological polar surface area (TPSA) is 49.8 Å². The van der Waals surface area contributed by atoms with E-state index in [1.165, 1.54) is 10.5 Å². The Balaban J connectivity index is 2.12. The number of likely N-dealkylation sites (tertiary alicyclic amines) is 1. The Bertz CT molecular complexity index is 539. The highest BCUT2D eigenvalue weighted by Gasteiger charge is 2.41. The van der Waals surface area contributed by atoms with E-state index in [0.29, 0.717) is 19.7 Å². The molecule has 2 rings (SSSR count). The summed E-state index contributed by atoms with van der Waals surface area (Å²) in [7, 11) is -1.82. The van der Waals surface area contributed by atoms with Gasteiger partial charge in [-0.05, 0) is 23.7 Å². The molecule has 1 amide bonds. The van der Waals surface area contributed by atoms with Crippen LogP contribution >= 0.6 is 0 Å². The number of amides is 1. The van der Waals surface area contributed by atoms with E-state index in [-0.39, 0.29) is 16.9 Å². The lowest BCUT2D eigenvalue weighted by Crippen LogP contribution is -2.42. The lowest BCUT2D eigenvalue weighted by Gasteiger charge is -2.37. The van der Waals surface area contributed by atoms with Crippen molar-refractivity contribution in [1.82, 2.24) is 4.90 Å². The Labute approximate surface area is 140 Å². The van der Waals surface area contributed by atoms with Gasteiger partial charge in [0, 0.05) is 31.5 Å². The zero-order chi connectivity index (χ0) is 17.3. The maximum atomic E-state index is 11.4. The van der Waals surface area contributed by atoms with Crippen molar-refractivity contribution in [2.24, 2.45) is 5.92 Å². The van der Waals surface area contributed by atoms with Gasteiger partial charge in [-0.3, -0.25) is 0 Å². The fraction of sp³-hybridized carbons (Fsp3) is 0.611. The lowest BCUT2D eigenvalue weighted by atomic mass is 9.90. The molecular formula is C18H29NO3Si. The number of carbonyl (C=O) groups is 1. The molecule has 4 nitrogen and oxygen atoms in total. The van der Waals surface area contributed by atoms with Crippen molar-refractivity contribution in [3.05, 3.63) is 35.9 Å². The predicted molar refractivity (Wildman–Crippen MR) is 95.4 cm³/mol. The van der Waals surface area contributed by atoms with Crippen LogP contribution in [0.15, 0.2) is 30.3 Å². The molecule has 2 atom stereocenters. The number of hydrogen-bond donors (Lipinski definition) is 1.